The van der Waals surface area contributed by atoms with E-state index in [4.69, 9.17) is 5.11 Å². The van der Waals surface area contributed by atoms with Gasteiger partial charge in [0.15, 0.2) is 5.92 Å². The molecule has 74 valence electrons. The molecule has 0 saturated heterocycles. The summed E-state index contributed by atoms with van der Waals surface area (Å²) in [4.78, 5) is 13.5. The van der Waals surface area contributed by atoms with Crippen molar-refractivity contribution in [1.29, 1.82) is 0 Å². The highest BCUT2D eigenvalue weighted by atomic mass is 16.4. The van der Waals surface area contributed by atoms with Crippen LogP contribution in [0.2, 0.25) is 0 Å². The first-order valence-electron chi connectivity index (χ1n) is 4.55. The van der Waals surface area contributed by atoms with E-state index in [0.29, 0.717) is 12.5 Å². The lowest BCUT2D eigenvalue weighted by atomic mass is 9.87. The zero-order valence-corrected chi connectivity index (χ0v) is 7.95. The zero-order chi connectivity index (χ0) is 10.0. The summed E-state index contributed by atoms with van der Waals surface area (Å²) >= 11 is 0. The van der Waals surface area contributed by atoms with Gasteiger partial charge in [0.2, 0.25) is 0 Å². The first kappa shape index (κ1) is 10.0. The molecule has 2 unspecified atom stereocenters. The third-order valence-electron chi connectivity index (χ3n) is 2.35. The van der Waals surface area contributed by atoms with E-state index in [0.717, 1.165) is 6.42 Å². The molecule has 0 bridgehead atoms. The van der Waals surface area contributed by atoms with Crippen LogP contribution in [0.5, 0.6) is 0 Å². The van der Waals surface area contributed by atoms with Gasteiger partial charge in [-0.15, -0.1) is 0 Å². The van der Waals surface area contributed by atoms with Crippen LogP contribution in [-0.2, 0) is 4.79 Å². The zero-order valence-electron chi connectivity index (χ0n) is 7.95. The lowest BCUT2D eigenvalue weighted by Gasteiger charge is -2.12. The Bertz CT molecular complexity index is 235. The second kappa shape index (κ2) is 3.77. The summed E-state index contributed by atoms with van der Waals surface area (Å²) in [6.45, 7) is 4.67. The number of aliphatic carboxylic acids is 1. The number of carboxylic acids is 1. The molecule has 4 nitrogen and oxygen atoms in total. The molecule has 1 heterocycles. The van der Waals surface area contributed by atoms with Gasteiger partial charge in [-0.25, -0.2) is 4.99 Å². The van der Waals surface area contributed by atoms with Crippen molar-refractivity contribution in [3.05, 3.63) is 0 Å². The molecule has 2 atom stereocenters. The van der Waals surface area contributed by atoms with Gasteiger partial charge >= 0.3 is 11.9 Å². The van der Waals surface area contributed by atoms with Gasteiger partial charge in [-0.1, -0.05) is 13.8 Å². The molecule has 0 saturated carbocycles. The first-order valence-corrected chi connectivity index (χ1v) is 4.55. The Morgan fingerprint density at radius 3 is 2.77 bits per heavy atom. The molecule has 1 aliphatic heterocycles. The van der Waals surface area contributed by atoms with Crippen LogP contribution in [0.4, 0.5) is 0 Å². The maximum absolute atomic E-state index is 10.8. The summed E-state index contributed by atoms with van der Waals surface area (Å²) in [5.41, 5.74) is 0. The van der Waals surface area contributed by atoms with Crippen LogP contribution < -0.4 is 4.99 Å². The summed E-state index contributed by atoms with van der Waals surface area (Å²) in [5.74, 6) is -1.26. The summed E-state index contributed by atoms with van der Waals surface area (Å²) in [6.07, 6.45) is 0.827. The van der Waals surface area contributed by atoms with Crippen molar-refractivity contribution in [1.82, 2.24) is 0 Å². The second-order valence-electron chi connectivity index (χ2n) is 3.97. The minimum Gasteiger partial charge on any atom is -0.480 e. The minimum absolute atomic E-state index is 0.0255. The van der Waals surface area contributed by atoms with Crippen LogP contribution in [0.1, 0.15) is 20.3 Å². The number of hydrogen-bond acceptors (Lipinski definition) is 1. The van der Waals surface area contributed by atoms with E-state index in [9.17, 15) is 9.90 Å². The monoisotopic (exact) mass is 186 g/mol. The van der Waals surface area contributed by atoms with Gasteiger partial charge in [-0.05, 0) is 12.3 Å². The lowest BCUT2D eigenvalue weighted by Crippen LogP contribution is -2.70. The van der Waals surface area contributed by atoms with E-state index in [1.807, 2.05) is 13.8 Å². The van der Waals surface area contributed by atoms with Crippen molar-refractivity contribution in [3.8, 4) is 0 Å². The van der Waals surface area contributed by atoms with Crippen LogP contribution in [0.3, 0.4) is 0 Å². The molecule has 13 heavy (non-hydrogen) atoms. The summed E-state index contributed by atoms with van der Waals surface area (Å²) in [5, 5.41) is 18.1. The van der Waals surface area contributed by atoms with Crippen LogP contribution in [0.25, 0.3) is 0 Å². The Morgan fingerprint density at radius 2 is 2.31 bits per heavy atom. The number of carbonyl (C=O) groups is 1. The molecule has 0 aromatic carbocycles. The summed E-state index contributed by atoms with van der Waals surface area (Å²) in [7, 11) is 0. The molecule has 0 aromatic heterocycles. The fourth-order valence-electron chi connectivity index (χ4n) is 1.83. The van der Waals surface area contributed by atoms with Crippen LogP contribution >= 0.6 is 0 Å². The highest BCUT2D eigenvalue weighted by Gasteiger charge is 2.43. The van der Waals surface area contributed by atoms with Crippen molar-refractivity contribution in [2.24, 2.45) is 17.8 Å². The molecular weight excluding hydrogens is 170 g/mol. The van der Waals surface area contributed by atoms with Gasteiger partial charge in [0.1, 0.15) is 6.54 Å². The van der Waals surface area contributed by atoms with Crippen molar-refractivity contribution in [2.45, 2.75) is 20.3 Å². The molecular formula is C9H16NO3+. The quantitative estimate of drug-likeness (QED) is 0.551. The Labute approximate surface area is 77.3 Å². The standard InChI is InChI=1S/C9H15NO3/c1-5(2)3-6-4-10-8(11)7(6)9(12)13/h5-7H,3-4H2,1-2H3,(H,10,11)(H,12,13)/p+1. The fraction of sp³-hybridized carbons (Fsp3) is 0.778. The largest absolute Gasteiger partial charge is 0.480 e. The maximum atomic E-state index is 10.8. The van der Waals surface area contributed by atoms with Crippen molar-refractivity contribution in [2.75, 3.05) is 6.54 Å². The van der Waals surface area contributed by atoms with Crippen LogP contribution in [0, 0.1) is 17.8 Å². The molecule has 1 rings (SSSR count). The molecule has 0 fully saturated rings. The Hall–Kier alpha value is -1.06. The highest BCUT2D eigenvalue weighted by molar-refractivity contribution is 5.94. The Balaban J connectivity index is 2.64. The van der Waals surface area contributed by atoms with Crippen LogP contribution in [-0.4, -0.2) is 28.6 Å². The fourth-order valence-corrected chi connectivity index (χ4v) is 1.83. The van der Waals surface area contributed by atoms with E-state index in [-0.39, 0.29) is 11.8 Å². The molecule has 3 N–H and O–H groups in total. The maximum Gasteiger partial charge on any atom is 0.347 e. The molecule has 1 aliphatic rings. The van der Waals surface area contributed by atoms with Gasteiger partial charge in [0.25, 0.3) is 0 Å². The van der Waals surface area contributed by atoms with Crippen LogP contribution in [0.15, 0.2) is 0 Å². The Morgan fingerprint density at radius 1 is 1.69 bits per heavy atom. The van der Waals surface area contributed by atoms with Crippen molar-refractivity contribution < 1.29 is 20.0 Å². The topological polar surface area (TPSA) is 71.5 Å². The average molecular weight is 186 g/mol. The minimum atomic E-state index is -0.937. The highest BCUT2D eigenvalue weighted by Crippen LogP contribution is 2.21. The Kier molecular flexibility index (Phi) is 2.90. The van der Waals surface area contributed by atoms with Crippen molar-refractivity contribution >= 4 is 11.9 Å². The predicted octanol–water partition coefficient (Wildman–Crippen LogP) is -0.600. The predicted molar refractivity (Wildman–Crippen MR) is 47.5 cm³/mol. The SMILES string of the molecule is CC(C)CC1C[NH+]=C(O)C1C(=O)O. The van der Waals surface area contributed by atoms with Gasteiger partial charge < -0.3 is 10.2 Å². The third kappa shape index (κ3) is 2.20. The summed E-state index contributed by atoms with van der Waals surface area (Å²) in [6, 6.07) is 0. The smallest absolute Gasteiger partial charge is 0.347 e. The summed E-state index contributed by atoms with van der Waals surface area (Å²) < 4.78 is 0. The molecule has 0 aromatic rings. The van der Waals surface area contributed by atoms with E-state index in [1.54, 1.807) is 0 Å². The van der Waals surface area contributed by atoms with Gasteiger partial charge in [-0.3, -0.25) is 4.79 Å². The number of rotatable bonds is 3. The van der Waals surface area contributed by atoms with E-state index >= 15 is 0 Å². The van der Waals surface area contributed by atoms with Gasteiger partial charge in [0, 0.05) is 5.92 Å². The number of nitrogens with one attached hydrogen (secondary N) is 1. The van der Waals surface area contributed by atoms with Gasteiger partial charge in [-0.2, -0.15) is 0 Å². The molecule has 0 amide bonds. The normalized spacial score (nSPS) is 27.8. The molecule has 4 heteroatoms. The van der Waals surface area contributed by atoms with E-state index in [2.05, 4.69) is 4.99 Å². The lowest BCUT2D eigenvalue weighted by molar-refractivity contribution is -0.462. The number of aliphatic hydroxyl groups excluding tert-OH is 1. The molecule has 0 aliphatic carbocycles. The number of carboxylic acid groups (broad SMARTS) is 1. The van der Waals surface area contributed by atoms with E-state index in [1.165, 1.54) is 0 Å². The van der Waals surface area contributed by atoms with E-state index < -0.39 is 11.9 Å². The third-order valence-corrected chi connectivity index (χ3v) is 2.35. The van der Waals surface area contributed by atoms with Crippen molar-refractivity contribution in [3.63, 3.8) is 0 Å². The average Bonchev–Trinajstić information content (AvgIpc) is 2.30. The number of hydrogen-bond donors (Lipinski definition) is 3. The number of aliphatic hydroxyl groups is 1. The molecule has 0 radical (unpaired) electrons. The first-order chi connectivity index (χ1) is 6.02. The molecule has 0 spiro atoms. The van der Waals surface area contributed by atoms with Gasteiger partial charge in [0.05, 0.1) is 0 Å². The second-order valence-corrected chi connectivity index (χ2v) is 3.97.